The number of aromatic hydroxyl groups is 1. The van der Waals surface area contributed by atoms with Crippen LogP contribution in [0.2, 0.25) is 0 Å². The Morgan fingerprint density at radius 2 is 1.52 bits per heavy atom. The van der Waals surface area contributed by atoms with Crippen molar-refractivity contribution in [3.8, 4) is 5.75 Å². The molecule has 0 fully saturated rings. The second kappa shape index (κ2) is 6.72. The van der Waals surface area contributed by atoms with Gasteiger partial charge in [0.2, 0.25) is 0 Å². The molecule has 0 aliphatic carbocycles. The molecule has 1 amide bonds. The van der Waals surface area contributed by atoms with E-state index in [-0.39, 0.29) is 17.6 Å². The third-order valence-corrected chi connectivity index (χ3v) is 4.99. The van der Waals surface area contributed by atoms with Crippen LogP contribution in [0.15, 0.2) is 66.7 Å². The van der Waals surface area contributed by atoms with Gasteiger partial charge in [0.25, 0.3) is 5.91 Å². The van der Waals surface area contributed by atoms with Gasteiger partial charge in [-0.25, -0.2) is 4.98 Å². The van der Waals surface area contributed by atoms with Gasteiger partial charge in [0.1, 0.15) is 11.6 Å². The maximum atomic E-state index is 12.7. The number of anilines is 1. The molecule has 0 atom stereocenters. The van der Waals surface area contributed by atoms with E-state index in [9.17, 15) is 9.90 Å². The molecule has 0 unspecified atom stereocenters. The van der Waals surface area contributed by atoms with Crippen molar-refractivity contribution < 1.29 is 9.90 Å². The van der Waals surface area contributed by atoms with Crippen molar-refractivity contribution >= 4 is 17.3 Å². The highest BCUT2D eigenvalue weighted by atomic mass is 16.3. The van der Waals surface area contributed by atoms with Crippen LogP contribution in [0.5, 0.6) is 5.75 Å². The Morgan fingerprint density at radius 3 is 2.07 bits per heavy atom. The molecule has 2 N–H and O–H groups in total. The van der Waals surface area contributed by atoms with Crippen LogP contribution in [0.1, 0.15) is 33.9 Å². The van der Waals surface area contributed by atoms with Gasteiger partial charge in [0.15, 0.2) is 0 Å². The summed E-state index contributed by atoms with van der Waals surface area (Å²) in [7, 11) is 0. The van der Waals surface area contributed by atoms with Crippen LogP contribution in [0.3, 0.4) is 0 Å². The van der Waals surface area contributed by atoms with Gasteiger partial charge in [0.05, 0.1) is 5.69 Å². The van der Waals surface area contributed by atoms with Crippen LogP contribution in [-0.4, -0.2) is 16.0 Å². The number of rotatable bonds is 3. The average Bonchev–Trinajstić information content (AvgIpc) is 3.00. The standard InChI is InChI=1S/C23H20N2O2/c1-14-20-19(23(27)25-22(20)24-15(2)21(14)26)13-18(16-9-5-3-6-10-16)17-11-7-4-8-12-17/h3-13,18,26H,1-2H3,(H,24,25,27). The van der Waals surface area contributed by atoms with E-state index in [1.807, 2.05) is 49.4 Å². The van der Waals surface area contributed by atoms with E-state index in [1.54, 1.807) is 6.92 Å². The Hall–Kier alpha value is -3.40. The van der Waals surface area contributed by atoms with Gasteiger partial charge < -0.3 is 10.4 Å². The van der Waals surface area contributed by atoms with E-state index >= 15 is 0 Å². The topological polar surface area (TPSA) is 62.2 Å². The Kier molecular flexibility index (Phi) is 4.24. The number of allylic oxidation sites excluding steroid dienone is 1. The molecule has 0 saturated heterocycles. The number of carbonyl (C=O) groups is 1. The summed E-state index contributed by atoms with van der Waals surface area (Å²) in [5, 5.41) is 13.1. The third-order valence-electron chi connectivity index (χ3n) is 4.99. The second-order valence-electron chi connectivity index (χ2n) is 6.73. The van der Waals surface area contributed by atoms with Gasteiger partial charge in [-0.15, -0.1) is 0 Å². The summed E-state index contributed by atoms with van der Waals surface area (Å²) in [5.41, 5.74) is 4.60. The maximum Gasteiger partial charge on any atom is 0.257 e. The SMILES string of the molecule is Cc1nc2c(c(C)c1O)C(=CC(c1ccccc1)c1ccccc1)C(=O)N2. The average molecular weight is 356 g/mol. The Labute approximate surface area is 158 Å². The first kappa shape index (κ1) is 17.0. The largest absolute Gasteiger partial charge is 0.506 e. The fourth-order valence-corrected chi connectivity index (χ4v) is 3.58. The second-order valence-corrected chi connectivity index (χ2v) is 6.73. The first-order chi connectivity index (χ1) is 13.1. The summed E-state index contributed by atoms with van der Waals surface area (Å²) in [6, 6.07) is 20.2. The van der Waals surface area contributed by atoms with Gasteiger partial charge >= 0.3 is 0 Å². The van der Waals surface area contributed by atoms with Gasteiger partial charge in [-0.1, -0.05) is 66.7 Å². The fraction of sp³-hybridized carbons (Fsp3) is 0.130. The van der Waals surface area contributed by atoms with Crippen molar-refractivity contribution in [1.82, 2.24) is 4.98 Å². The molecule has 4 heteroatoms. The Bertz CT molecular complexity index is 1000. The number of pyridine rings is 1. The van der Waals surface area contributed by atoms with Crippen LogP contribution >= 0.6 is 0 Å². The van der Waals surface area contributed by atoms with Crippen molar-refractivity contribution in [2.45, 2.75) is 19.8 Å². The molecule has 134 valence electrons. The number of aromatic nitrogens is 1. The van der Waals surface area contributed by atoms with Crippen LogP contribution in [0, 0.1) is 13.8 Å². The quantitative estimate of drug-likeness (QED) is 0.676. The number of hydrogen-bond donors (Lipinski definition) is 2. The van der Waals surface area contributed by atoms with Gasteiger partial charge in [-0.2, -0.15) is 0 Å². The number of benzene rings is 2. The summed E-state index contributed by atoms with van der Waals surface area (Å²) >= 11 is 0. The number of aryl methyl sites for hydroxylation is 1. The highest BCUT2D eigenvalue weighted by molar-refractivity contribution is 6.31. The molecule has 0 saturated carbocycles. The normalized spacial score (nSPS) is 14.5. The predicted octanol–water partition coefficient (Wildman–Crippen LogP) is 4.57. The number of nitrogens with zero attached hydrogens (tertiary/aromatic N) is 1. The van der Waals surface area contributed by atoms with E-state index in [0.717, 1.165) is 11.1 Å². The predicted molar refractivity (Wildman–Crippen MR) is 107 cm³/mol. The van der Waals surface area contributed by atoms with E-state index in [2.05, 4.69) is 34.6 Å². The zero-order valence-electron chi connectivity index (χ0n) is 15.2. The van der Waals surface area contributed by atoms with Crippen molar-refractivity contribution in [3.05, 3.63) is 94.7 Å². The zero-order valence-corrected chi connectivity index (χ0v) is 15.2. The summed E-state index contributed by atoms with van der Waals surface area (Å²) < 4.78 is 0. The molecule has 2 aromatic carbocycles. The molecule has 0 radical (unpaired) electrons. The van der Waals surface area contributed by atoms with Gasteiger partial charge in [-0.3, -0.25) is 4.79 Å². The molecule has 0 bridgehead atoms. The van der Waals surface area contributed by atoms with Crippen molar-refractivity contribution in [2.24, 2.45) is 0 Å². The van der Waals surface area contributed by atoms with Crippen molar-refractivity contribution in [2.75, 3.05) is 5.32 Å². The highest BCUT2D eigenvalue weighted by Gasteiger charge is 2.30. The lowest BCUT2D eigenvalue weighted by atomic mass is 9.88. The number of fused-ring (bicyclic) bond motifs is 1. The maximum absolute atomic E-state index is 12.7. The number of amides is 1. The summed E-state index contributed by atoms with van der Waals surface area (Å²) in [5.74, 6) is 0.371. The lowest BCUT2D eigenvalue weighted by molar-refractivity contribution is -0.110. The number of carbonyl (C=O) groups excluding carboxylic acids is 1. The molecule has 2 heterocycles. The lowest BCUT2D eigenvalue weighted by Crippen LogP contribution is -2.07. The van der Waals surface area contributed by atoms with Crippen LogP contribution in [0.25, 0.3) is 5.57 Å². The lowest BCUT2D eigenvalue weighted by Gasteiger charge is -2.16. The minimum atomic E-state index is -0.192. The molecule has 3 aromatic rings. The Morgan fingerprint density at radius 1 is 0.963 bits per heavy atom. The minimum absolute atomic E-state index is 0.0815. The van der Waals surface area contributed by atoms with Crippen LogP contribution < -0.4 is 5.32 Å². The van der Waals surface area contributed by atoms with E-state index in [0.29, 0.717) is 28.2 Å². The third kappa shape index (κ3) is 2.99. The number of hydrogen-bond acceptors (Lipinski definition) is 3. The van der Waals surface area contributed by atoms with E-state index in [1.165, 1.54) is 0 Å². The first-order valence-electron chi connectivity index (χ1n) is 8.90. The molecule has 1 aromatic heterocycles. The molecule has 0 spiro atoms. The molecular formula is C23H20N2O2. The summed E-state index contributed by atoms with van der Waals surface area (Å²) in [6.45, 7) is 3.55. The molecular weight excluding hydrogens is 336 g/mol. The van der Waals surface area contributed by atoms with Crippen LogP contribution in [0.4, 0.5) is 5.82 Å². The molecule has 27 heavy (non-hydrogen) atoms. The molecule has 1 aliphatic rings. The van der Waals surface area contributed by atoms with Gasteiger partial charge in [-0.05, 0) is 25.0 Å². The first-order valence-corrected chi connectivity index (χ1v) is 8.90. The molecule has 4 rings (SSSR count). The Balaban J connectivity index is 1.91. The molecule has 4 nitrogen and oxygen atoms in total. The minimum Gasteiger partial charge on any atom is -0.506 e. The summed E-state index contributed by atoms with van der Waals surface area (Å²) in [4.78, 5) is 17.0. The highest BCUT2D eigenvalue weighted by Crippen LogP contribution is 2.40. The number of nitrogens with one attached hydrogen (secondary N) is 1. The fourth-order valence-electron chi connectivity index (χ4n) is 3.58. The zero-order chi connectivity index (χ0) is 19.0. The van der Waals surface area contributed by atoms with E-state index < -0.39 is 0 Å². The monoisotopic (exact) mass is 356 g/mol. The van der Waals surface area contributed by atoms with E-state index in [4.69, 9.17) is 0 Å². The van der Waals surface area contributed by atoms with Crippen molar-refractivity contribution in [3.63, 3.8) is 0 Å². The molecule has 1 aliphatic heterocycles. The van der Waals surface area contributed by atoms with Crippen molar-refractivity contribution in [1.29, 1.82) is 0 Å². The summed E-state index contributed by atoms with van der Waals surface area (Å²) in [6.07, 6.45) is 1.97. The smallest absolute Gasteiger partial charge is 0.257 e. The van der Waals surface area contributed by atoms with Crippen LogP contribution in [-0.2, 0) is 4.79 Å². The van der Waals surface area contributed by atoms with Gasteiger partial charge in [0, 0.05) is 22.6 Å².